The van der Waals surface area contributed by atoms with Crippen LogP contribution in [0.15, 0.2) is 46.2 Å². The molecule has 1 aliphatic heterocycles. The van der Waals surface area contributed by atoms with Gasteiger partial charge in [-0.25, -0.2) is 19.7 Å². The zero-order valence-electron chi connectivity index (χ0n) is 22.8. The Kier molecular flexibility index (Phi) is 7.45. The Hall–Kier alpha value is -4.23. The summed E-state index contributed by atoms with van der Waals surface area (Å²) in [5.74, 6) is -0.198. The van der Waals surface area contributed by atoms with Crippen LogP contribution >= 0.6 is 0 Å². The Morgan fingerprint density at radius 3 is 2.56 bits per heavy atom. The minimum Gasteiger partial charge on any atom is -0.379 e. The molecule has 41 heavy (non-hydrogen) atoms. The fourth-order valence-corrected chi connectivity index (χ4v) is 5.08. The molecule has 1 amide bonds. The molecule has 0 aromatic carbocycles. The lowest BCUT2D eigenvalue weighted by Crippen LogP contribution is -2.43. The molecule has 0 atom stereocenters. The number of carbonyl (C=O) groups is 1. The van der Waals surface area contributed by atoms with Gasteiger partial charge in [-0.1, -0.05) is 6.92 Å². The standard InChI is InChI=1S/C28H31FN8O4/c1-2-9-36-25-23(27(39)37(28(36)40)20-5-6-20)32-24(33-25)18-4-8-22(31-16-18)35(11-10-34-12-14-41-15-13-34)26(38)19-3-7-21(29)30-17-19/h3-4,7-8,16-17,20H,2,5-6,9-15H2,1H3,(H,32,33). The number of ether oxygens (including phenoxy) is 1. The molecule has 2 aliphatic rings. The average Bonchev–Trinajstić information content (AvgIpc) is 3.73. The van der Waals surface area contributed by atoms with Crippen molar-refractivity contribution in [3.8, 4) is 11.4 Å². The van der Waals surface area contributed by atoms with Gasteiger partial charge in [0.05, 0.1) is 18.8 Å². The second-order valence-corrected chi connectivity index (χ2v) is 10.3. The summed E-state index contributed by atoms with van der Waals surface area (Å²) in [5, 5.41) is 0. The maximum absolute atomic E-state index is 13.5. The third-order valence-electron chi connectivity index (χ3n) is 7.43. The number of aryl methyl sites for hydroxylation is 1. The Morgan fingerprint density at radius 1 is 1.10 bits per heavy atom. The first kappa shape index (κ1) is 27.0. The van der Waals surface area contributed by atoms with Gasteiger partial charge < -0.3 is 9.72 Å². The summed E-state index contributed by atoms with van der Waals surface area (Å²) in [5.41, 5.74) is 0.761. The summed E-state index contributed by atoms with van der Waals surface area (Å²) in [4.78, 5) is 59.4. The molecule has 0 unspecified atom stereocenters. The van der Waals surface area contributed by atoms with E-state index in [0.717, 1.165) is 32.0 Å². The number of pyridine rings is 2. The van der Waals surface area contributed by atoms with Gasteiger partial charge in [-0.05, 0) is 43.5 Å². The Morgan fingerprint density at radius 2 is 1.90 bits per heavy atom. The highest BCUT2D eigenvalue weighted by atomic mass is 19.1. The van der Waals surface area contributed by atoms with E-state index in [4.69, 9.17) is 4.74 Å². The van der Waals surface area contributed by atoms with Gasteiger partial charge in [0.25, 0.3) is 11.5 Å². The summed E-state index contributed by atoms with van der Waals surface area (Å²) in [6, 6.07) is 5.96. The van der Waals surface area contributed by atoms with Crippen molar-refractivity contribution in [1.29, 1.82) is 0 Å². The number of aromatic amines is 1. The fourth-order valence-electron chi connectivity index (χ4n) is 5.08. The summed E-state index contributed by atoms with van der Waals surface area (Å²) in [6.07, 6.45) is 5.13. The number of H-pyrrole nitrogens is 1. The van der Waals surface area contributed by atoms with Crippen LogP contribution in [0.3, 0.4) is 0 Å². The largest absolute Gasteiger partial charge is 0.379 e. The van der Waals surface area contributed by atoms with Crippen LogP contribution in [-0.4, -0.2) is 79.3 Å². The molecule has 2 fully saturated rings. The molecule has 4 aromatic heterocycles. The molecule has 6 rings (SSSR count). The number of rotatable bonds is 9. The number of hydrogen-bond acceptors (Lipinski definition) is 8. The second-order valence-electron chi connectivity index (χ2n) is 10.3. The van der Waals surface area contributed by atoms with Crippen LogP contribution in [0.5, 0.6) is 0 Å². The molecule has 1 saturated carbocycles. The fraction of sp³-hybridized carbons (Fsp3) is 0.429. The van der Waals surface area contributed by atoms with Gasteiger partial charge in [-0.2, -0.15) is 4.39 Å². The molecule has 0 bridgehead atoms. The maximum atomic E-state index is 13.5. The molecule has 1 N–H and O–H groups in total. The van der Waals surface area contributed by atoms with Crippen LogP contribution in [0.2, 0.25) is 0 Å². The molecule has 5 heterocycles. The first-order valence-corrected chi connectivity index (χ1v) is 13.9. The van der Waals surface area contributed by atoms with Crippen LogP contribution in [0.25, 0.3) is 22.6 Å². The molecule has 12 nitrogen and oxygen atoms in total. The predicted molar refractivity (Wildman–Crippen MR) is 150 cm³/mol. The molecule has 13 heteroatoms. The second kappa shape index (κ2) is 11.3. The van der Waals surface area contributed by atoms with E-state index >= 15 is 0 Å². The van der Waals surface area contributed by atoms with Crippen molar-refractivity contribution < 1.29 is 13.9 Å². The minimum absolute atomic E-state index is 0.0625. The SMILES string of the molecule is CCCn1c(=O)n(C2CC2)c(=O)c2[nH]c(-c3ccc(N(CCN4CCOCC4)C(=O)c4ccc(F)nc4)nc3)nc21. The molecule has 0 spiro atoms. The van der Waals surface area contributed by atoms with Gasteiger partial charge in [0, 0.05) is 56.7 Å². The summed E-state index contributed by atoms with van der Waals surface area (Å²) in [6.45, 7) is 6.19. The first-order chi connectivity index (χ1) is 19.9. The van der Waals surface area contributed by atoms with E-state index < -0.39 is 5.95 Å². The van der Waals surface area contributed by atoms with Crippen LogP contribution in [0, 0.1) is 5.95 Å². The van der Waals surface area contributed by atoms with Crippen molar-refractivity contribution in [3.63, 3.8) is 0 Å². The number of carbonyl (C=O) groups excluding carboxylic acids is 1. The van der Waals surface area contributed by atoms with Crippen molar-refractivity contribution in [2.45, 2.75) is 38.8 Å². The molecular formula is C28H31FN8O4. The van der Waals surface area contributed by atoms with E-state index in [9.17, 15) is 18.8 Å². The van der Waals surface area contributed by atoms with Crippen molar-refractivity contribution in [1.82, 2.24) is 34.0 Å². The quantitative estimate of drug-likeness (QED) is 0.307. The number of nitrogens with zero attached hydrogens (tertiary/aromatic N) is 7. The number of aromatic nitrogens is 6. The number of morpholine rings is 1. The molecule has 214 valence electrons. The summed E-state index contributed by atoms with van der Waals surface area (Å²) >= 11 is 0. The lowest BCUT2D eigenvalue weighted by atomic mass is 10.2. The molecule has 0 radical (unpaired) electrons. The number of imidazole rings is 1. The minimum atomic E-state index is -0.664. The Bertz CT molecular complexity index is 1670. The normalized spacial score (nSPS) is 15.9. The van der Waals surface area contributed by atoms with Gasteiger partial charge in [-0.15, -0.1) is 0 Å². The highest BCUT2D eigenvalue weighted by Gasteiger charge is 2.30. The number of nitrogens with one attached hydrogen (secondary N) is 1. The van der Waals surface area contributed by atoms with Crippen LogP contribution in [0.1, 0.15) is 42.6 Å². The molecule has 4 aromatic rings. The van der Waals surface area contributed by atoms with E-state index in [1.807, 2.05) is 6.92 Å². The van der Waals surface area contributed by atoms with Gasteiger partial charge >= 0.3 is 5.69 Å². The highest BCUT2D eigenvalue weighted by molar-refractivity contribution is 6.05. The van der Waals surface area contributed by atoms with Gasteiger partial charge in [0.1, 0.15) is 17.2 Å². The van der Waals surface area contributed by atoms with Gasteiger partial charge in [-0.3, -0.25) is 28.5 Å². The van der Waals surface area contributed by atoms with Crippen LogP contribution in [-0.2, 0) is 11.3 Å². The Balaban J connectivity index is 1.32. The van der Waals surface area contributed by atoms with Crippen molar-refractivity contribution in [2.75, 3.05) is 44.3 Å². The number of halogens is 1. The first-order valence-electron chi connectivity index (χ1n) is 13.9. The predicted octanol–water partition coefficient (Wildman–Crippen LogP) is 2.21. The number of anilines is 1. The number of amides is 1. The molecule has 1 aliphatic carbocycles. The van der Waals surface area contributed by atoms with E-state index in [1.54, 1.807) is 27.8 Å². The average molecular weight is 563 g/mol. The lowest BCUT2D eigenvalue weighted by molar-refractivity contribution is 0.0391. The van der Waals surface area contributed by atoms with E-state index in [-0.39, 0.29) is 34.3 Å². The zero-order valence-corrected chi connectivity index (χ0v) is 22.8. The topological polar surface area (TPSA) is 131 Å². The van der Waals surface area contributed by atoms with Crippen molar-refractivity contribution in [2.24, 2.45) is 0 Å². The van der Waals surface area contributed by atoms with Gasteiger partial charge in [0.2, 0.25) is 5.95 Å². The smallest absolute Gasteiger partial charge is 0.333 e. The van der Waals surface area contributed by atoms with E-state index in [2.05, 4.69) is 24.8 Å². The third kappa shape index (κ3) is 5.42. The molecule has 1 saturated heterocycles. The number of hydrogen-bond donors (Lipinski definition) is 1. The maximum Gasteiger partial charge on any atom is 0.333 e. The monoisotopic (exact) mass is 562 g/mol. The zero-order chi connectivity index (χ0) is 28.5. The Labute approximate surface area is 234 Å². The van der Waals surface area contributed by atoms with Crippen LogP contribution < -0.4 is 16.1 Å². The van der Waals surface area contributed by atoms with E-state index in [0.29, 0.717) is 62.1 Å². The van der Waals surface area contributed by atoms with Crippen molar-refractivity contribution >= 4 is 22.9 Å². The van der Waals surface area contributed by atoms with Crippen molar-refractivity contribution in [3.05, 3.63) is 69.0 Å². The van der Waals surface area contributed by atoms with Crippen LogP contribution in [0.4, 0.5) is 10.2 Å². The summed E-state index contributed by atoms with van der Waals surface area (Å²) in [7, 11) is 0. The highest BCUT2D eigenvalue weighted by Crippen LogP contribution is 2.32. The summed E-state index contributed by atoms with van der Waals surface area (Å²) < 4.78 is 21.7. The third-order valence-corrected chi connectivity index (χ3v) is 7.43. The van der Waals surface area contributed by atoms with Gasteiger partial charge in [0.15, 0.2) is 5.65 Å². The van der Waals surface area contributed by atoms with E-state index in [1.165, 1.54) is 16.8 Å². The molecular weight excluding hydrogens is 531 g/mol. The number of fused-ring (bicyclic) bond motifs is 1. The lowest BCUT2D eigenvalue weighted by Gasteiger charge is -2.29.